The predicted octanol–water partition coefficient (Wildman–Crippen LogP) is 2.67. The summed E-state index contributed by atoms with van der Waals surface area (Å²) in [5.74, 6) is 0.436. The number of hydrogen-bond acceptors (Lipinski definition) is 6. The molecule has 24 heavy (non-hydrogen) atoms. The van der Waals surface area contributed by atoms with Crippen LogP contribution < -0.4 is 15.2 Å². The van der Waals surface area contributed by atoms with Crippen molar-refractivity contribution in [3.05, 3.63) is 41.2 Å². The van der Waals surface area contributed by atoms with Crippen LogP contribution in [0.2, 0.25) is 0 Å². The number of aromatic nitrogens is 4. The maximum atomic E-state index is 12.3. The molecule has 3 N–H and O–H groups in total. The summed E-state index contributed by atoms with van der Waals surface area (Å²) in [6.07, 6.45) is 0. The van der Waals surface area contributed by atoms with Gasteiger partial charge in [0, 0.05) is 6.07 Å². The normalized spacial score (nSPS) is 10.8. The predicted molar refractivity (Wildman–Crippen MR) is 79.8 cm³/mol. The van der Waals surface area contributed by atoms with Gasteiger partial charge >= 0.3 is 6.61 Å². The summed E-state index contributed by atoms with van der Waals surface area (Å²) in [6.45, 7) is 4.13. The molecule has 1 aromatic carbocycles. The van der Waals surface area contributed by atoms with Crippen LogP contribution in [0.4, 0.5) is 20.3 Å². The third-order valence-corrected chi connectivity index (χ3v) is 3.06. The van der Waals surface area contributed by atoms with Gasteiger partial charge in [0.05, 0.1) is 6.57 Å². The fraction of sp³-hybridized carbons (Fsp3) is 0.143. The van der Waals surface area contributed by atoms with Crippen LogP contribution in [0.25, 0.3) is 16.0 Å². The van der Waals surface area contributed by atoms with Gasteiger partial charge in [0.1, 0.15) is 18.2 Å². The number of rotatable bonds is 5. The highest BCUT2D eigenvalue weighted by Crippen LogP contribution is 2.29. The lowest BCUT2D eigenvalue weighted by Gasteiger charge is -2.11. The van der Waals surface area contributed by atoms with Crippen LogP contribution in [0.5, 0.6) is 11.5 Å². The van der Waals surface area contributed by atoms with E-state index in [1.807, 2.05) is 0 Å². The SMILES string of the molecule is [C-]#[N+]c1ccc(OC(F)F)cc1COc1cc(N)nc2n[nH]nc12. The summed E-state index contributed by atoms with van der Waals surface area (Å²) in [4.78, 5) is 7.30. The molecule has 0 amide bonds. The number of alkyl halides is 2. The molecular formula is C14H10F2N6O2. The molecule has 3 rings (SSSR count). The molecule has 0 radical (unpaired) electrons. The topological polar surface area (TPSA) is 103 Å². The minimum atomic E-state index is -2.95. The van der Waals surface area contributed by atoms with Gasteiger partial charge < -0.3 is 15.2 Å². The molecule has 0 aliphatic rings. The lowest BCUT2D eigenvalue weighted by molar-refractivity contribution is -0.0499. The highest BCUT2D eigenvalue weighted by molar-refractivity contribution is 5.78. The van der Waals surface area contributed by atoms with E-state index in [1.165, 1.54) is 24.3 Å². The van der Waals surface area contributed by atoms with E-state index in [-0.39, 0.29) is 29.5 Å². The van der Waals surface area contributed by atoms with Crippen LogP contribution in [0, 0.1) is 6.57 Å². The first-order valence-corrected chi connectivity index (χ1v) is 6.62. The number of pyridine rings is 1. The second-order valence-corrected chi connectivity index (χ2v) is 4.61. The van der Waals surface area contributed by atoms with Gasteiger partial charge in [-0.1, -0.05) is 6.07 Å². The monoisotopic (exact) mass is 332 g/mol. The standard InChI is InChI=1S/C14H10F2N6O2/c1-18-9-3-2-8(24-14(15)16)4-7(9)6-23-10-5-11(17)19-13-12(10)20-22-21-13/h2-5,14H,6H2,(H3,17,19,20,21,22). The summed E-state index contributed by atoms with van der Waals surface area (Å²) in [5.41, 5.74) is 6.96. The van der Waals surface area contributed by atoms with Gasteiger partial charge in [-0.15, -0.1) is 5.10 Å². The first kappa shape index (κ1) is 15.4. The van der Waals surface area contributed by atoms with E-state index in [4.69, 9.17) is 17.0 Å². The van der Waals surface area contributed by atoms with Crippen LogP contribution in [0.3, 0.4) is 0 Å². The molecule has 2 heterocycles. The number of nitrogen functional groups attached to an aromatic ring is 1. The van der Waals surface area contributed by atoms with Crippen molar-refractivity contribution in [3.8, 4) is 11.5 Å². The molecule has 2 aromatic heterocycles. The summed E-state index contributed by atoms with van der Waals surface area (Å²) >= 11 is 0. The van der Waals surface area contributed by atoms with E-state index < -0.39 is 6.61 Å². The number of ether oxygens (including phenoxy) is 2. The van der Waals surface area contributed by atoms with Gasteiger partial charge in [-0.3, -0.25) is 0 Å². The molecule has 0 unspecified atom stereocenters. The van der Waals surface area contributed by atoms with E-state index in [1.54, 1.807) is 0 Å². The number of anilines is 1. The Morgan fingerprint density at radius 3 is 2.88 bits per heavy atom. The van der Waals surface area contributed by atoms with Crippen LogP contribution in [-0.4, -0.2) is 27.0 Å². The third kappa shape index (κ3) is 3.14. The summed E-state index contributed by atoms with van der Waals surface area (Å²) in [6, 6.07) is 5.46. The molecule has 0 atom stereocenters. The van der Waals surface area contributed by atoms with Crippen molar-refractivity contribution >= 4 is 22.7 Å². The number of nitrogens with one attached hydrogen (secondary N) is 1. The van der Waals surface area contributed by atoms with Crippen molar-refractivity contribution in [3.63, 3.8) is 0 Å². The van der Waals surface area contributed by atoms with Gasteiger partial charge in [-0.2, -0.15) is 19.1 Å². The number of nitrogens with two attached hydrogens (primary N) is 1. The number of aromatic amines is 1. The molecule has 0 aliphatic carbocycles. The van der Waals surface area contributed by atoms with Crippen molar-refractivity contribution in [2.75, 3.05) is 5.73 Å². The highest BCUT2D eigenvalue weighted by Gasteiger charge is 2.13. The molecule has 0 saturated heterocycles. The highest BCUT2D eigenvalue weighted by atomic mass is 19.3. The van der Waals surface area contributed by atoms with Crippen molar-refractivity contribution < 1.29 is 18.3 Å². The Kier molecular flexibility index (Phi) is 4.07. The Balaban J connectivity index is 1.87. The number of fused-ring (bicyclic) bond motifs is 1. The fourth-order valence-corrected chi connectivity index (χ4v) is 2.05. The minimum absolute atomic E-state index is 0.0585. The molecule has 0 bridgehead atoms. The lowest BCUT2D eigenvalue weighted by atomic mass is 10.2. The van der Waals surface area contributed by atoms with Crippen molar-refractivity contribution in [1.82, 2.24) is 20.4 Å². The van der Waals surface area contributed by atoms with E-state index in [9.17, 15) is 8.78 Å². The number of hydrogen-bond donors (Lipinski definition) is 2. The zero-order valence-corrected chi connectivity index (χ0v) is 12.0. The van der Waals surface area contributed by atoms with E-state index in [2.05, 4.69) is 30.0 Å². The van der Waals surface area contributed by atoms with Crippen LogP contribution in [0.1, 0.15) is 5.56 Å². The van der Waals surface area contributed by atoms with Gasteiger partial charge in [-0.05, 0) is 17.7 Å². The molecule has 10 heteroatoms. The van der Waals surface area contributed by atoms with E-state index in [0.29, 0.717) is 16.8 Å². The third-order valence-electron chi connectivity index (χ3n) is 3.06. The minimum Gasteiger partial charge on any atom is -0.488 e. The average Bonchev–Trinajstić information content (AvgIpc) is 3.00. The van der Waals surface area contributed by atoms with Gasteiger partial charge in [0.25, 0.3) is 0 Å². The Hall–Kier alpha value is -3.48. The van der Waals surface area contributed by atoms with Crippen LogP contribution in [0.15, 0.2) is 24.3 Å². The smallest absolute Gasteiger partial charge is 0.387 e. The number of nitrogens with zero attached hydrogens (tertiary/aromatic N) is 4. The second-order valence-electron chi connectivity index (χ2n) is 4.61. The number of benzene rings is 1. The fourth-order valence-electron chi connectivity index (χ4n) is 2.05. The molecule has 0 fully saturated rings. The quantitative estimate of drug-likeness (QED) is 0.696. The molecule has 8 nitrogen and oxygen atoms in total. The van der Waals surface area contributed by atoms with Crippen LogP contribution >= 0.6 is 0 Å². The zero-order chi connectivity index (χ0) is 17.1. The molecular weight excluding hydrogens is 322 g/mol. The largest absolute Gasteiger partial charge is 0.488 e. The van der Waals surface area contributed by atoms with E-state index >= 15 is 0 Å². The Morgan fingerprint density at radius 2 is 2.12 bits per heavy atom. The van der Waals surface area contributed by atoms with Gasteiger partial charge in [-0.25, -0.2) is 9.83 Å². The number of halogens is 2. The lowest BCUT2D eigenvalue weighted by Crippen LogP contribution is -2.03. The molecule has 0 spiro atoms. The van der Waals surface area contributed by atoms with Gasteiger partial charge in [0.15, 0.2) is 17.0 Å². The first-order chi connectivity index (χ1) is 11.6. The van der Waals surface area contributed by atoms with E-state index in [0.717, 1.165) is 0 Å². The molecule has 3 aromatic rings. The molecule has 122 valence electrons. The van der Waals surface area contributed by atoms with Crippen molar-refractivity contribution in [2.24, 2.45) is 0 Å². The summed E-state index contributed by atoms with van der Waals surface area (Å²) in [5, 5.41) is 10.1. The zero-order valence-electron chi connectivity index (χ0n) is 12.0. The van der Waals surface area contributed by atoms with Crippen molar-refractivity contribution in [1.29, 1.82) is 0 Å². The second kappa shape index (κ2) is 6.33. The Morgan fingerprint density at radius 1 is 1.29 bits per heavy atom. The molecule has 0 saturated carbocycles. The Bertz CT molecular complexity index is 921. The summed E-state index contributed by atoms with van der Waals surface area (Å²) < 4.78 is 34.6. The first-order valence-electron chi connectivity index (χ1n) is 6.62. The Labute approximate surface area is 134 Å². The number of H-pyrrole nitrogens is 1. The molecule has 0 aliphatic heterocycles. The maximum absolute atomic E-state index is 12.3. The van der Waals surface area contributed by atoms with Crippen molar-refractivity contribution in [2.45, 2.75) is 13.2 Å². The maximum Gasteiger partial charge on any atom is 0.387 e. The van der Waals surface area contributed by atoms with Gasteiger partial charge in [0.2, 0.25) is 5.65 Å². The average molecular weight is 332 g/mol. The summed E-state index contributed by atoms with van der Waals surface area (Å²) in [7, 11) is 0. The van der Waals surface area contributed by atoms with Crippen LogP contribution in [-0.2, 0) is 6.61 Å².